The van der Waals surface area contributed by atoms with Gasteiger partial charge in [-0.15, -0.1) is 10.2 Å². The Morgan fingerprint density at radius 1 is 0.969 bits per heavy atom. The fourth-order valence-corrected chi connectivity index (χ4v) is 4.97. The highest BCUT2D eigenvalue weighted by Crippen LogP contribution is 2.29. The van der Waals surface area contributed by atoms with Crippen LogP contribution in [0, 0.1) is 0 Å². The SMILES string of the molecule is CCn1c(SCc2ccc(C(=O)N3CCCC3)cc2)nnc1-c1ccc(C(C)(C)C)cc1. The highest BCUT2D eigenvalue weighted by atomic mass is 32.2. The van der Waals surface area contributed by atoms with Crippen LogP contribution in [0.4, 0.5) is 0 Å². The molecule has 0 unspecified atom stereocenters. The number of nitrogens with zero attached hydrogens (tertiary/aromatic N) is 4. The first-order chi connectivity index (χ1) is 15.4. The molecule has 1 aromatic heterocycles. The van der Waals surface area contributed by atoms with E-state index in [1.807, 2.05) is 17.0 Å². The van der Waals surface area contributed by atoms with Crippen LogP contribution in [0.25, 0.3) is 11.4 Å². The van der Waals surface area contributed by atoms with Crippen LogP contribution < -0.4 is 0 Å². The van der Waals surface area contributed by atoms with Crippen molar-refractivity contribution in [3.63, 3.8) is 0 Å². The molecule has 0 bridgehead atoms. The van der Waals surface area contributed by atoms with Crippen molar-refractivity contribution in [2.45, 2.75) is 63.4 Å². The molecular weight excluding hydrogens is 416 g/mol. The first-order valence-corrected chi connectivity index (χ1v) is 12.4. The van der Waals surface area contributed by atoms with Crippen LogP contribution in [-0.4, -0.2) is 38.7 Å². The quantitative estimate of drug-likeness (QED) is 0.448. The fourth-order valence-electron chi connectivity index (χ4n) is 4.01. The zero-order valence-corrected chi connectivity index (χ0v) is 20.3. The maximum Gasteiger partial charge on any atom is 0.253 e. The van der Waals surface area contributed by atoms with Crippen molar-refractivity contribution in [1.82, 2.24) is 19.7 Å². The van der Waals surface area contributed by atoms with Gasteiger partial charge in [-0.25, -0.2) is 0 Å². The molecule has 3 aromatic rings. The van der Waals surface area contributed by atoms with Gasteiger partial charge in [-0.05, 0) is 48.4 Å². The van der Waals surface area contributed by atoms with E-state index in [9.17, 15) is 4.79 Å². The minimum Gasteiger partial charge on any atom is -0.339 e. The van der Waals surface area contributed by atoms with Crippen LogP contribution in [0.3, 0.4) is 0 Å². The number of carbonyl (C=O) groups excluding carboxylic acids is 1. The van der Waals surface area contributed by atoms with E-state index in [1.54, 1.807) is 11.8 Å². The molecule has 5 nitrogen and oxygen atoms in total. The number of thioether (sulfide) groups is 1. The van der Waals surface area contributed by atoms with Gasteiger partial charge in [0.1, 0.15) is 0 Å². The number of hydrogen-bond donors (Lipinski definition) is 0. The number of aromatic nitrogens is 3. The van der Waals surface area contributed by atoms with Crippen molar-refractivity contribution >= 4 is 17.7 Å². The normalized spacial score (nSPS) is 14.2. The summed E-state index contributed by atoms with van der Waals surface area (Å²) in [7, 11) is 0. The molecule has 0 radical (unpaired) electrons. The van der Waals surface area contributed by atoms with E-state index in [0.29, 0.717) is 0 Å². The van der Waals surface area contributed by atoms with E-state index in [-0.39, 0.29) is 11.3 Å². The molecule has 0 spiro atoms. The Morgan fingerprint density at radius 3 is 2.22 bits per heavy atom. The summed E-state index contributed by atoms with van der Waals surface area (Å²) in [6, 6.07) is 16.6. The second-order valence-corrected chi connectivity index (χ2v) is 10.3. The van der Waals surface area contributed by atoms with Crippen molar-refractivity contribution in [2.75, 3.05) is 13.1 Å². The topological polar surface area (TPSA) is 51.0 Å². The minimum absolute atomic E-state index is 0.132. The first-order valence-electron chi connectivity index (χ1n) is 11.4. The number of likely N-dealkylation sites (tertiary alicyclic amines) is 1. The summed E-state index contributed by atoms with van der Waals surface area (Å²) in [5, 5.41) is 9.86. The molecule has 2 heterocycles. The van der Waals surface area contributed by atoms with E-state index in [0.717, 1.165) is 60.3 Å². The van der Waals surface area contributed by atoms with Gasteiger partial charge in [0.05, 0.1) is 0 Å². The zero-order valence-electron chi connectivity index (χ0n) is 19.5. The van der Waals surface area contributed by atoms with Gasteiger partial charge >= 0.3 is 0 Å². The summed E-state index contributed by atoms with van der Waals surface area (Å²) >= 11 is 1.68. The maximum absolute atomic E-state index is 12.5. The molecule has 1 fully saturated rings. The first kappa shape index (κ1) is 22.6. The number of amides is 1. The molecule has 1 amide bonds. The monoisotopic (exact) mass is 448 g/mol. The van der Waals surface area contributed by atoms with Crippen LogP contribution in [0.1, 0.15) is 62.0 Å². The lowest BCUT2D eigenvalue weighted by Gasteiger charge is -2.19. The highest BCUT2D eigenvalue weighted by Gasteiger charge is 2.19. The Labute approximate surface area is 195 Å². The van der Waals surface area contributed by atoms with E-state index >= 15 is 0 Å². The van der Waals surface area contributed by atoms with Gasteiger partial charge in [-0.1, -0.05) is 68.9 Å². The predicted octanol–water partition coefficient (Wildman–Crippen LogP) is 5.79. The minimum atomic E-state index is 0.132. The summed E-state index contributed by atoms with van der Waals surface area (Å²) in [5.41, 5.74) is 4.48. The fraction of sp³-hybridized carbons (Fsp3) is 0.423. The Balaban J connectivity index is 1.44. The number of benzene rings is 2. The summed E-state index contributed by atoms with van der Waals surface area (Å²) in [4.78, 5) is 14.5. The average molecular weight is 449 g/mol. The third kappa shape index (κ3) is 4.90. The molecule has 6 heteroatoms. The lowest BCUT2D eigenvalue weighted by atomic mass is 9.87. The van der Waals surface area contributed by atoms with Crippen molar-refractivity contribution in [3.8, 4) is 11.4 Å². The molecule has 0 aliphatic carbocycles. The largest absolute Gasteiger partial charge is 0.339 e. The van der Waals surface area contributed by atoms with Crippen LogP contribution in [0.2, 0.25) is 0 Å². The molecular formula is C26H32N4OS. The van der Waals surface area contributed by atoms with E-state index in [2.05, 4.69) is 78.9 Å². The molecule has 32 heavy (non-hydrogen) atoms. The van der Waals surface area contributed by atoms with Crippen LogP contribution in [-0.2, 0) is 17.7 Å². The predicted molar refractivity (Wildman–Crippen MR) is 131 cm³/mol. The van der Waals surface area contributed by atoms with Gasteiger partial charge in [0, 0.05) is 36.5 Å². The van der Waals surface area contributed by atoms with Crippen molar-refractivity contribution < 1.29 is 4.79 Å². The van der Waals surface area contributed by atoms with Gasteiger partial charge in [0.15, 0.2) is 11.0 Å². The molecule has 4 rings (SSSR count). The third-order valence-corrected chi connectivity index (χ3v) is 7.04. The molecule has 0 atom stereocenters. The number of hydrogen-bond acceptors (Lipinski definition) is 4. The van der Waals surface area contributed by atoms with Gasteiger partial charge < -0.3 is 9.47 Å². The Hall–Kier alpha value is -2.60. The van der Waals surface area contributed by atoms with E-state index in [4.69, 9.17) is 0 Å². The van der Waals surface area contributed by atoms with Crippen LogP contribution in [0.5, 0.6) is 0 Å². The Morgan fingerprint density at radius 2 is 1.62 bits per heavy atom. The average Bonchev–Trinajstić information content (AvgIpc) is 3.47. The molecule has 168 valence electrons. The van der Waals surface area contributed by atoms with Crippen molar-refractivity contribution in [3.05, 3.63) is 65.2 Å². The van der Waals surface area contributed by atoms with Crippen LogP contribution in [0.15, 0.2) is 53.7 Å². The number of rotatable bonds is 6. The highest BCUT2D eigenvalue weighted by molar-refractivity contribution is 7.98. The van der Waals surface area contributed by atoms with Gasteiger partial charge in [-0.3, -0.25) is 4.79 Å². The molecule has 2 aromatic carbocycles. The Bertz CT molecular complexity index is 1060. The standard InChI is InChI=1S/C26H32N4OS/c1-5-30-23(20-12-14-22(15-13-20)26(2,3)4)27-28-25(30)32-18-19-8-10-21(11-9-19)24(31)29-16-6-7-17-29/h8-15H,5-7,16-18H2,1-4H3. The molecule has 1 aliphatic rings. The molecule has 1 aliphatic heterocycles. The third-order valence-electron chi connectivity index (χ3n) is 6.00. The molecule has 0 saturated carbocycles. The number of carbonyl (C=O) groups is 1. The summed E-state index contributed by atoms with van der Waals surface area (Å²) < 4.78 is 2.17. The van der Waals surface area contributed by atoms with E-state index < -0.39 is 0 Å². The van der Waals surface area contributed by atoms with Gasteiger partial charge in [0.2, 0.25) is 0 Å². The summed E-state index contributed by atoms with van der Waals surface area (Å²) in [6.07, 6.45) is 2.22. The summed E-state index contributed by atoms with van der Waals surface area (Å²) in [5.74, 6) is 1.84. The molecule has 0 N–H and O–H groups in total. The lowest BCUT2D eigenvalue weighted by molar-refractivity contribution is 0.0793. The molecule has 1 saturated heterocycles. The van der Waals surface area contributed by atoms with Crippen molar-refractivity contribution in [2.24, 2.45) is 0 Å². The Kier molecular flexibility index (Phi) is 6.70. The van der Waals surface area contributed by atoms with Gasteiger partial charge in [-0.2, -0.15) is 0 Å². The van der Waals surface area contributed by atoms with Gasteiger partial charge in [0.25, 0.3) is 5.91 Å². The maximum atomic E-state index is 12.5. The summed E-state index contributed by atoms with van der Waals surface area (Å²) in [6.45, 7) is 11.4. The van der Waals surface area contributed by atoms with Crippen LogP contribution >= 0.6 is 11.8 Å². The van der Waals surface area contributed by atoms with E-state index in [1.165, 1.54) is 11.1 Å². The zero-order chi connectivity index (χ0) is 22.7. The second kappa shape index (κ2) is 9.49. The smallest absolute Gasteiger partial charge is 0.253 e. The second-order valence-electron chi connectivity index (χ2n) is 9.36. The van der Waals surface area contributed by atoms with Crippen molar-refractivity contribution in [1.29, 1.82) is 0 Å². The lowest BCUT2D eigenvalue weighted by Crippen LogP contribution is -2.27.